The third-order valence-electron chi connectivity index (χ3n) is 4.10. The lowest BCUT2D eigenvalue weighted by atomic mass is 9.95. The number of aliphatic hydroxyl groups is 1. The standard InChI is InChI=1S/C13H17N3O2/c14-11-4-3-8(5-15-11)13(18)16-6-9-1-2-10(7-16)12(9)17/h3-5,9-10,12,17H,1-2,6-7H2,(H2,14,15)/t9-,10+,12?. The number of fused-ring (bicyclic) bond motifs is 2. The van der Waals surface area contributed by atoms with Crippen LogP contribution in [0.15, 0.2) is 18.3 Å². The summed E-state index contributed by atoms with van der Waals surface area (Å²) < 4.78 is 0. The first kappa shape index (κ1) is 11.5. The highest BCUT2D eigenvalue weighted by atomic mass is 16.3. The number of nitrogens with zero attached hydrogens (tertiary/aromatic N) is 2. The number of piperidine rings is 1. The summed E-state index contributed by atoms with van der Waals surface area (Å²) in [5.74, 6) is 0.899. The molecule has 0 aromatic carbocycles. The van der Waals surface area contributed by atoms with E-state index < -0.39 is 0 Å². The fraction of sp³-hybridized carbons (Fsp3) is 0.538. The molecule has 96 valence electrons. The number of pyridine rings is 1. The number of anilines is 1. The van der Waals surface area contributed by atoms with Gasteiger partial charge in [-0.3, -0.25) is 4.79 Å². The Labute approximate surface area is 106 Å². The lowest BCUT2D eigenvalue weighted by Gasteiger charge is -2.35. The quantitative estimate of drug-likeness (QED) is 0.757. The van der Waals surface area contributed by atoms with E-state index in [-0.39, 0.29) is 23.8 Å². The molecule has 2 aliphatic rings. The number of rotatable bonds is 1. The molecule has 5 heteroatoms. The number of carbonyl (C=O) groups is 1. The molecule has 3 rings (SSSR count). The third-order valence-corrected chi connectivity index (χ3v) is 4.10. The molecule has 1 saturated carbocycles. The Balaban J connectivity index is 1.76. The Hall–Kier alpha value is -1.62. The zero-order chi connectivity index (χ0) is 12.7. The largest absolute Gasteiger partial charge is 0.392 e. The maximum Gasteiger partial charge on any atom is 0.255 e. The zero-order valence-corrected chi connectivity index (χ0v) is 10.1. The molecular weight excluding hydrogens is 230 g/mol. The van der Waals surface area contributed by atoms with Crippen LogP contribution in [0.3, 0.4) is 0 Å². The predicted octanol–water partition coefficient (Wildman–Crippen LogP) is 0.507. The van der Waals surface area contributed by atoms with Gasteiger partial charge in [0.2, 0.25) is 0 Å². The maximum absolute atomic E-state index is 12.3. The van der Waals surface area contributed by atoms with Crippen molar-refractivity contribution in [3.8, 4) is 0 Å². The number of nitrogen functional groups attached to an aromatic ring is 1. The monoisotopic (exact) mass is 247 g/mol. The van der Waals surface area contributed by atoms with Crippen LogP contribution in [0.4, 0.5) is 5.82 Å². The summed E-state index contributed by atoms with van der Waals surface area (Å²) in [6.45, 7) is 1.31. The maximum atomic E-state index is 12.3. The van der Waals surface area contributed by atoms with Crippen molar-refractivity contribution < 1.29 is 9.90 Å². The number of aromatic nitrogens is 1. The molecule has 3 atom stereocenters. The second-order valence-corrected chi connectivity index (χ2v) is 5.27. The van der Waals surface area contributed by atoms with Crippen molar-refractivity contribution in [1.82, 2.24) is 9.88 Å². The molecule has 0 radical (unpaired) electrons. The Morgan fingerprint density at radius 3 is 2.56 bits per heavy atom. The molecule has 1 aliphatic carbocycles. The number of carbonyl (C=O) groups excluding carboxylic acids is 1. The molecule has 2 heterocycles. The molecule has 1 amide bonds. The van der Waals surface area contributed by atoms with Crippen LogP contribution in [-0.4, -0.2) is 40.1 Å². The van der Waals surface area contributed by atoms with Crippen LogP contribution in [0.2, 0.25) is 0 Å². The number of aliphatic hydroxyl groups excluding tert-OH is 1. The van der Waals surface area contributed by atoms with Crippen molar-refractivity contribution in [3.05, 3.63) is 23.9 Å². The van der Waals surface area contributed by atoms with Gasteiger partial charge in [0.1, 0.15) is 5.82 Å². The molecule has 5 nitrogen and oxygen atoms in total. The van der Waals surface area contributed by atoms with Crippen molar-refractivity contribution in [1.29, 1.82) is 0 Å². The highest BCUT2D eigenvalue weighted by Gasteiger charge is 2.42. The number of hydrogen-bond donors (Lipinski definition) is 2. The van der Waals surface area contributed by atoms with E-state index in [0.29, 0.717) is 24.5 Å². The first-order chi connectivity index (χ1) is 8.65. The first-order valence-corrected chi connectivity index (χ1v) is 6.34. The van der Waals surface area contributed by atoms with Crippen molar-refractivity contribution in [2.75, 3.05) is 18.8 Å². The minimum absolute atomic E-state index is 0.00806. The number of likely N-dealkylation sites (tertiary alicyclic amines) is 1. The number of amides is 1. The van der Waals surface area contributed by atoms with Gasteiger partial charge in [0.25, 0.3) is 5.91 Å². The van der Waals surface area contributed by atoms with Crippen LogP contribution in [0.5, 0.6) is 0 Å². The third kappa shape index (κ3) is 1.84. The first-order valence-electron chi connectivity index (χ1n) is 6.34. The van der Waals surface area contributed by atoms with Crippen molar-refractivity contribution in [3.63, 3.8) is 0 Å². The van der Waals surface area contributed by atoms with Gasteiger partial charge in [-0.15, -0.1) is 0 Å². The molecule has 1 aromatic rings. The molecule has 1 aromatic heterocycles. The van der Waals surface area contributed by atoms with Gasteiger partial charge in [-0.25, -0.2) is 4.98 Å². The molecule has 1 aliphatic heterocycles. The summed E-state index contributed by atoms with van der Waals surface area (Å²) >= 11 is 0. The SMILES string of the molecule is Nc1ccc(C(=O)N2C[C@H]3CC[C@@H](C2)C3O)cn1. The fourth-order valence-electron chi connectivity index (χ4n) is 3.07. The summed E-state index contributed by atoms with van der Waals surface area (Å²) in [5, 5.41) is 9.95. The van der Waals surface area contributed by atoms with E-state index in [2.05, 4.69) is 4.98 Å². The van der Waals surface area contributed by atoms with Crippen LogP contribution in [-0.2, 0) is 0 Å². The average Bonchev–Trinajstić information content (AvgIpc) is 2.62. The van der Waals surface area contributed by atoms with Gasteiger partial charge in [0.15, 0.2) is 0 Å². The molecule has 2 bridgehead atoms. The lowest BCUT2D eigenvalue weighted by molar-refractivity contribution is 0.0166. The summed E-state index contributed by atoms with van der Waals surface area (Å²) in [4.78, 5) is 18.1. The van der Waals surface area contributed by atoms with Crippen LogP contribution < -0.4 is 5.73 Å². The molecule has 2 fully saturated rings. The molecule has 0 spiro atoms. The highest BCUT2D eigenvalue weighted by molar-refractivity contribution is 5.94. The van der Waals surface area contributed by atoms with Gasteiger partial charge in [0.05, 0.1) is 11.7 Å². The van der Waals surface area contributed by atoms with E-state index in [9.17, 15) is 9.90 Å². The molecule has 1 saturated heterocycles. The van der Waals surface area contributed by atoms with Crippen LogP contribution in [0.1, 0.15) is 23.2 Å². The molecule has 18 heavy (non-hydrogen) atoms. The van der Waals surface area contributed by atoms with Crippen molar-refractivity contribution >= 4 is 11.7 Å². The van der Waals surface area contributed by atoms with Gasteiger partial charge < -0.3 is 15.7 Å². The van der Waals surface area contributed by atoms with Crippen LogP contribution in [0.25, 0.3) is 0 Å². The smallest absolute Gasteiger partial charge is 0.255 e. The molecule has 1 unspecified atom stereocenters. The summed E-state index contributed by atoms with van der Waals surface area (Å²) in [7, 11) is 0. The topological polar surface area (TPSA) is 79.5 Å². The average molecular weight is 247 g/mol. The van der Waals surface area contributed by atoms with E-state index in [1.54, 1.807) is 12.1 Å². The second-order valence-electron chi connectivity index (χ2n) is 5.27. The van der Waals surface area contributed by atoms with Crippen LogP contribution >= 0.6 is 0 Å². The zero-order valence-electron chi connectivity index (χ0n) is 10.1. The van der Waals surface area contributed by atoms with E-state index in [0.717, 1.165) is 12.8 Å². The minimum atomic E-state index is -0.224. The normalized spacial score (nSPS) is 30.5. The van der Waals surface area contributed by atoms with E-state index >= 15 is 0 Å². The Morgan fingerprint density at radius 2 is 2.00 bits per heavy atom. The minimum Gasteiger partial charge on any atom is -0.392 e. The highest BCUT2D eigenvalue weighted by Crippen LogP contribution is 2.37. The second kappa shape index (κ2) is 4.24. The van der Waals surface area contributed by atoms with Crippen molar-refractivity contribution in [2.24, 2.45) is 11.8 Å². The number of hydrogen-bond acceptors (Lipinski definition) is 4. The Bertz CT molecular complexity index is 446. The van der Waals surface area contributed by atoms with E-state index in [1.165, 1.54) is 6.20 Å². The van der Waals surface area contributed by atoms with E-state index in [1.807, 2.05) is 4.90 Å². The van der Waals surface area contributed by atoms with Crippen LogP contribution in [0, 0.1) is 11.8 Å². The van der Waals surface area contributed by atoms with Gasteiger partial charge in [-0.1, -0.05) is 0 Å². The Morgan fingerprint density at radius 1 is 1.33 bits per heavy atom. The molecular formula is C13H17N3O2. The van der Waals surface area contributed by atoms with Gasteiger partial charge in [0, 0.05) is 31.1 Å². The van der Waals surface area contributed by atoms with Gasteiger partial charge in [-0.05, 0) is 25.0 Å². The Kier molecular flexibility index (Phi) is 2.70. The van der Waals surface area contributed by atoms with Gasteiger partial charge in [-0.2, -0.15) is 0 Å². The number of nitrogens with two attached hydrogens (primary N) is 1. The molecule has 3 N–H and O–H groups in total. The lowest BCUT2D eigenvalue weighted by Crippen LogP contribution is -2.47. The predicted molar refractivity (Wildman–Crippen MR) is 66.8 cm³/mol. The van der Waals surface area contributed by atoms with E-state index in [4.69, 9.17) is 5.73 Å². The fourth-order valence-corrected chi connectivity index (χ4v) is 3.07. The summed E-state index contributed by atoms with van der Waals surface area (Å²) in [5.41, 5.74) is 6.08. The van der Waals surface area contributed by atoms with Crippen molar-refractivity contribution in [2.45, 2.75) is 18.9 Å². The van der Waals surface area contributed by atoms with Gasteiger partial charge >= 0.3 is 0 Å². The summed E-state index contributed by atoms with van der Waals surface area (Å²) in [6.07, 6.45) is 3.34. The summed E-state index contributed by atoms with van der Waals surface area (Å²) in [6, 6.07) is 3.35.